The fourth-order valence-corrected chi connectivity index (χ4v) is 2.24. The molecular weight excluding hydrogens is 208 g/mol. The van der Waals surface area contributed by atoms with Crippen molar-refractivity contribution in [2.24, 2.45) is 13.0 Å². The molecule has 0 unspecified atom stereocenters. The molecule has 1 N–H and O–H groups in total. The number of hydrogen-bond acceptors (Lipinski definition) is 4. The van der Waals surface area contributed by atoms with Crippen molar-refractivity contribution in [3.63, 3.8) is 0 Å². The first-order chi connectivity index (χ1) is 7.49. The minimum atomic E-state index is -0.368. The van der Waals surface area contributed by atoms with Gasteiger partial charge < -0.3 is 5.32 Å². The van der Waals surface area contributed by atoms with E-state index in [2.05, 4.69) is 17.3 Å². The van der Waals surface area contributed by atoms with Crippen LogP contribution in [0.1, 0.15) is 25.5 Å². The molecule has 1 aromatic rings. The molecule has 0 aliphatic heterocycles. The highest BCUT2D eigenvalue weighted by molar-refractivity contribution is 5.60. The second kappa shape index (κ2) is 3.77. The lowest BCUT2D eigenvalue weighted by atomic mass is 9.82. The van der Waals surface area contributed by atoms with Crippen LogP contribution in [0.2, 0.25) is 0 Å². The Morgan fingerprint density at radius 3 is 2.69 bits per heavy atom. The van der Waals surface area contributed by atoms with E-state index in [1.807, 2.05) is 0 Å². The monoisotopic (exact) mass is 224 g/mol. The smallest absolute Gasteiger partial charge is 0.333 e. The van der Waals surface area contributed by atoms with E-state index >= 15 is 0 Å². The maximum absolute atomic E-state index is 10.9. The number of aromatic nitrogens is 2. The third kappa shape index (κ3) is 1.75. The Morgan fingerprint density at radius 1 is 1.56 bits per heavy atom. The molecule has 16 heavy (non-hydrogen) atoms. The molecule has 6 heteroatoms. The van der Waals surface area contributed by atoms with Crippen LogP contribution in [0, 0.1) is 23.0 Å². The first-order valence-electron chi connectivity index (χ1n) is 5.43. The summed E-state index contributed by atoms with van der Waals surface area (Å²) >= 11 is 0. The van der Waals surface area contributed by atoms with Gasteiger partial charge in [-0.1, -0.05) is 6.92 Å². The van der Waals surface area contributed by atoms with Crippen molar-refractivity contribution in [1.82, 2.24) is 9.78 Å². The Morgan fingerprint density at radius 2 is 2.19 bits per heavy atom. The number of aryl methyl sites for hydroxylation is 2. The van der Waals surface area contributed by atoms with E-state index < -0.39 is 0 Å². The van der Waals surface area contributed by atoms with E-state index in [-0.39, 0.29) is 10.6 Å². The molecule has 2 rings (SSSR count). The predicted octanol–water partition coefficient (Wildman–Crippen LogP) is 1.85. The zero-order valence-corrected chi connectivity index (χ0v) is 9.73. The summed E-state index contributed by atoms with van der Waals surface area (Å²) in [6.07, 6.45) is 2.14. The van der Waals surface area contributed by atoms with Crippen LogP contribution in [0.3, 0.4) is 0 Å². The molecule has 0 bridgehead atoms. The highest BCUT2D eigenvalue weighted by Gasteiger charge is 2.30. The van der Waals surface area contributed by atoms with Gasteiger partial charge in [0.1, 0.15) is 5.69 Å². The van der Waals surface area contributed by atoms with Gasteiger partial charge in [-0.05, 0) is 25.7 Å². The van der Waals surface area contributed by atoms with Crippen LogP contribution in [0.5, 0.6) is 0 Å². The maximum Gasteiger partial charge on any atom is 0.333 e. The predicted molar refractivity (Wildman–Crippen MR) is 60.4 cm³/mol. The number of hydrogen-bond donors (Lipinski definition) is 1. The molecule has 0 spiro atoms. The molecule has 0 amide bonds. The summed E-state index contributed by atoms with van der Waals surface area (Å²) in [4.78, 5) is 10.6. The first kappa shape index (κ1) is 10.9. The third-order valence-electron chi connectivity index (χ3n) is 3.09. The fourth-order valence-electron chi connectivity index (χ4n) is 2.24. The average molecular weight is 224 g/mol. The molecule has 1 aromatic heterocycles. The summed E-state index contributed by atoms with van der Waals surface area (Å²) in [5.41, 5.74) is 0.560. The lowest BCUT2D eigenvalue weighted by molar-refractivity contribution is -0.384. The molecule has 0 atom stereocenters. The number of anilines is 1. The molecule has 6 nitrogen and oxygen atoms in total. The molecule has 1 saturated carbocycles. The van der Waals surface area contributed by atoms with E-state index in [4.69, 9.17) is 0 Å². The first-order valence-corrected chi connectivity index (χ1v) is 5.43. The minimum absolute atomic E-state index is 0.0991. The molecule has 1 fully saturated rings. The van der Waals surface area contributed by atoms with E-state index in [0.717, 1.165) is 12.8 Å². The second-order valence-corrected chi connectivity index (χ2v) is 4.58. The molecular formula is C10H16N4O2. The van der Waals surface area contributed by atoms with Gasteiger partial charge in [0.25, 0.3) is 0 Å². The topological polar surface area (TPSA) is 73.0 Å². The van der Waals surface area contributed by atoms with Crippen molar-refractivity contribution >= 4 is 11.5 Å². The number of nitrogens with zero attached hydrogens (tertiary/aromatic N) is 3. The summed E-state index contributed by atoms with van der Waals surface area (Å²) in [5.74, 6) is 1.24. The molecule has 0 radical (unpaired) electrons. The van der Waals surface area contributed by atoms with Crippen molar-refractivity contribution in [2.45, 2.75) is 32.7 Å². The Hall–Kier alpha value is -1.59. The highest BCUT2D eigenvalue weighted by Crippen LogP contribution is 2.33. The summed E-state index contributed by atoms with van der Waals surface area (Å²) in [7, 11) is 1.73. The Kier molecular flexibility index (Phi) is 2.57. The molecule has 1 heterocycles. The highest BCUT2D eigenvalue weighted by atomic mass is 16.6. The van der Waals surface area contributed by atoms with Gasteiger partial charge in [-0.25, -0.2) is 4.68 Å². The van der Waals surface area contributed by atoms with Gasteiger partial charge in [-0.3, -0.25) is 10.1 Å². The van der Waals surface area contributed by atoms with Gasteiger partial charge >= 0.3 is 5.69 Å². The number of rotatable bonds is 3. The summed E-state index contributed by atoms with van der Waals surface area (Å²) in [5, 5.41) is 18.2. The maximum atomic E-state index is 10.9. The zero-order chi connectivity index (χ0) is 11.9. The third-order valence-corrected chi connectivity index (χ3v) is 3.09. The molecule has 1 aliphatic carbocycles. The number of nitro groups is 1. The molecule has 0 saturated heterocycles. The van der Waals surface area contributed by atoms with Crippen LogP contribution in [0.15, 0.2) is 0 Å². The van der Waals surface area contributed by atoms with Gasteiger partial charge in [0, 0.05) is 13.1 Å². The fraction of sp³-hybridized carbons (Fsp3) is 0.700. The lowest BCUT2D eigenvalue weighted by Crippen LogP contribution is -2.34. The molecule has 88 valence electrons. The SMILES string of the molecule is Cc1nn(C)c(NC2CC(C)C2)c1[N+](=O)[O-]. The van der Waals surface area contributed by atoms with Gasteiger partial charge in [0.2, 0.25) is 5.82 Å². The van der Waals surface area contributed by atoms with Crippen molar-refractivity contribution in [1.29, 1.82) is 0 Å². The zero-order valence-electron chi connectivity index (χ0n) is 9.73. The van der Waals surface area contributed by atoms with Crippen LogP contribution in [0.25, 0.3) is 0 Å². The average Bonchev–Trinajstić information content (AvgIpc) is 2.39. The van der Waals surface area contributed by atoms with Gasteiger partial charge in [-0.2, -0.15) is 5.10 Å². The van der Waals surface area contributed by atoms with E-state index in [0.29, 0.717) is 23.5 Å². The molecule has 1 aliphatic rings. The Balaban J connectivity index is 2.22. The normalized spacial score (nSPS) is 23.9. The second-order valence-electron chi connectivity index (χ2n) is 4.58. The quantitative estimate of drug-likeness (QED) is 0.628. The Labute approximate surface area is 93.8 Å². The van der Waals surface area contributed by atoms with Crippen LogP contribution in [-0.4, -0.2) is 20.7 Å². The standard InChI is InChI=1S/C10H16N4O2/c1-6-4-8(5-6)11-10-9(14(15)16)7(2)12-13(10)3/h6,8,11H,4-5H2,1-3H3. The van der Waals surface area contributed by atoms with Crippen molar-refractivity contribution in [3.8, 4) is 0 Å². The Bertz CT molecular complexity index is 421. The minimum Gasteiger partial charge on any atom is -0.362 e. The van der Waals surface area contributed by atoms with Crippen LogP contribution < -0.4 is 5.32 Å². The van der Waals surface area contributed by atoms with Gasteiger partial charge in [-0.15, -0.1) is 0 Å². The van der Waals surface area contributed by atoms with E-state index in [9.17, 15) is 10.1 Å². The van der Waals surface area contributed by atoms with Gasteiger partial charge in [0.15, 0.2) is 0 Å². The summed E-state index contributed by atoms with van der Waals surface area (Å²) in [6, 6.07) is 0.350. The number of nitrogens with one attached hydrogen (secondary N) is 1. The van der Waals surface area contributed by atoms with Crippen molar-refractivity contribution < 1.29 is 4.92 Å². The van der Waals surface area contributed by atoms with Crippen LogP contribution in [0.4, 0.5) is 11.5 Å². The summed E-state index contributed by atoms with van der Waals surface area (Å²) in [6.45, 7) is 3.84. The van der Waals surface area contributed by atoms with Crippen LogP contribution in [-0.2, 0) is 7.05 Å². The van der Waals surface area contributed by atoms with E-state index in [1.165, 1.54) is 0 Å². The van der Waals surface area contributed by atoms with Crippen LogP contribution >= 0.6 is 0 Å². The van der Waals surface area contributed by atoms with Crippen molar-refractivity contribution in [3.05, 3.63) is 15.8 Å². The van der Waals surface area contributed by atoms with Gasteiger partial charge in [0.05, 0.1) is 4.92 Å². The lowest BCUT2D eigenvalue weighted by Gasteiger charge is -2.33. The summed E-state index contributed by atoms with van der Waals surface area (Å²) < 4.78 is 1.55. The molecule has 0 aromatic carbocycles. The van der Waals surface area contributed by atoms with E-state index in [1.54, 1.807) is 18.7 Å². The van der Waals surface area contributed by atoms with Crippen molar-refractivity contribution in [2.75, 3.05) is 5.32 Å². The largest absolute Gasteiger partial charge is 0.362 e.